The summed E-state index contributed by atoms with van der Waals surface area (Å²) in [6.07, 6.45) is 4.47. The van der Waals surface area contributed by atoms with Crippen molar-refractivity contribution in [2.75, 3.05) is 24.0 Å². The summed E-state index contributed by atoms with van der Waals surface area (Å²) in [7, 11) is 0. The Kier molecular flexibility index (Phi) is 6.46. The maximum atomic E-state index is 8.92. The van der Waals surface area contributed by atoms with Crippen molar-refractivity contribution in [2.45, 2.75) is 0 Å². The van der Waals surface area contributed by atoms with Gasteiger partial charge in [-0.3, -0.25) is 5.43 Å². The Morgan fingerprint density at radius 3 is 2.55 bits per heavy atom. The van der Waals surface area contributed by atoms with Gasteiger partial charge in [0.1, 0.15) is 36.0 Å². The van der Waals surface area contributed by atoms with Gasteiger partial charge in [-0.2, -0.15) is 5.10 Å². The van der Waals surface area contributed by atoms with Crippen LogP contribution in [0.4, 0.5) is 17.3 Å². The van der Waals surface area contributed by atoms with Crippen LogP contribution >= 0.6 is 11.6 Å². The molecule has 0 unspecified atom stereocenters. The van der Waals surface area contributed by atoms with Crippen molar-refractivity contribution >= 4 is 46.2 Å². The van der Waals surface area contributed by atoms with Crippen LogP contribution in [-0.2, 0) is 0 Å². The lowest BCUT2D eigenvalue weighted by Gasteiger charge is -2.10. The first-order valence-corrected chi connectivity index (χ1v) is 9.72. The predicted molar refractivity (Wildman–Crippen MR) is 120 cm³/mol. The number of aromatic nitrogens is 4. The van der Waals surface area contributed by atoms with Gasteiger partial charge in [-0.25, -0.2) is 19.9 Å². The van der Waals surface area contributed by atoms with Gasteiger partial charge < -0.3 is 15.2 Å². The molecular formula is C21H18ClN7O2. The minimum absolute atomic E-state index is 0.0549. The number of aliphatic hydroxyl groups is 1. The van der Waals surface area contributed by atoms with Crippen molar-refractivity contribution in [3.63, 3.8) is 0 Å². The normalized spacial score (nSPS) is 11.0. The van der Waals surface area contributed by atoms with E-state index in [4.69, 9.17) is 21.4 Å². The van der Waals surface area contributed by atoms with Crippen LogP contribution in [0, 0.1) is 0 Å². The van der Waals surface area contributed by atoms with Crippen molar-refractivity contribution in [3.05, 3.63) is 71.8 Å². The maximum Gasteiger partial charge on any atom is 0.176 e. The maximum absolute atomic E-state index is 8.92. The molecule has 0 radical (unpaired) electrons. The third-order valence-electron chi connectivity index (χ3n) is 4.11. The average molecular weight is 436 g/mol. The number of hydrazone groups is 1. The first-order chi connectivity index (χ1) is 15.2. The number of aliphatic hydroxyl groups excluding tert-OH is 1. The minimum atomic E-state index is -0.0549. The van der Waals surface area contributed by atoms with Crippen LogP contribution in [0.3, 0.4) is 0 Å². The number of benzene rings is 2. The van der Waals surface area contributed by atoms with Gasteiger partial charge in [0, 0.05) is 16.8 Å². The van der Waals surface area contributed by atoms with Gasteiger partial charge in [0.15, 0.2) is 11.6 Å². The third kappa shape index (κ3) is 5.21. The summed E-state index contributed by atoms with van der Waals surface area (Å²) in [5.41, 5.74) is 5.53. The first-order valence-electron chi connectivity index (χ1n) is 9.34. The number of hydrogen-bond acceptors (Lipinski definition) is 9. The van der Waals surface area contributed by atoms with Gasteiger partial charge in [0.2, 0.25) is 0 Å². The van der Waals surface area contributed by atoms with Gasteiger partial charge in [-0.1, -0.05) is 29.8 Å². The summed E-state index contributed by atoms with van der Waals surface area (Å²) < 4.78 is 5.45. The molecular weight excluding hydrogens is 418 g/mol. The molecule has 2 aromatic heterocycles. The Balaban J connectivity index is 1.56. The van der Waals surface area contributed by atoms with Gasteiger partial charge in [0.25, 0.3) is 0 Å². The van der Waals surface area contributed by atoms with Crippen LogP contribution in [0.2, 0.25) is 5.02 Å². The molecule has 3 N–H and O–H groups in total. The lowest BCUT2D eigenvalue weighted by Crippen LogP contribution is -2.03. The van der Waals surface area contributed by atoms with Crippen LogP contribution in [0.5, 0.6) is 5.75 Å². The fraction of sp³-hybridized carbons (Fsp3) is 0.0952. The molecule has 0 atom stereocenters. The highest BCUT2D eigenvalue weighted by Crippen LogP contribution is 2.26. The van der Waals surface area contributed by atoms with Crippen LogP contribution in [0.25, 0.3) is 11.0 Å². The van der Waals surface area contributed by atoms with Crippen molar-refractivity contribution in [2.24, 2.45) is 5.10 Å². The Labute approximate surface area is 182 Å². The summed E-state index contributed by atoms with van der Waals surface area (Å²) in [6.45, 7) is 0.165. The standard InChI is InChI=1S/C21H18ClN7O2/c22-15-4-1-3-14(9-15)11-27-29-21-19-18(23-13-26-21)20(25-12-24-19)28-16-5-2-6-17(10-16)31-8-7-30/h1-6,9-13,30H,7-8H2,(H,23,26,29)(H,24,25,28). The molecule has 2 aromatic carbocycles. The average Bonchev–Trinajstić information content (AvgIpc) is 2.78. The van der Waals surface area contributed by atoms with E-state index in [0.29, 0.717) is 33.4 Å². The Hall–Kier alpha value is -3.82. The number of rotatable bonds is 8. The molecule has 0 aliphatic carbocycles. The second-order valence-electron chi connectivity index (χ2n) is 6.29. The van der Waals surface area contributed by atoms with Crippen molar-refractivity contribution < 1.29 is 9.84 Å². The van der Waals surface area contributed by atoms with Crippen molar-refractivity contribution in [1.29, 1.82) is 0 Å². The number of nitrogens with one attached hydrogen (secondary N) is 2. The van der Waals surface area contributed by atoms with Gasteiger partial charge in [0.05, 0.1) is 12.8 Å². The zero-order valence-electron chi connectivity index (χ0n) is 16.2. The fourth-order valence-electron chi connectivity index (χ4n) is 2.77. The highest BCUT2D eigenvalue weighted by molar-refractivity contribution is 6.30. The number of halogens is 1. The van der Waals surface area contributed by atoms with Crippen LogP contribution < -0.4 is 15.5 Å². The largest absolute Gasteiger partial charge is 0.491 e. The molecule has 0 bridgehead atoms. The van der Waals surface area contributed by atoms with E-state index in [-0.39, 0.29) is 13.2 Å². The zero-order valence-corrected chi connectivity index (χ0v) is 17.0. The Morgan fingerprint density at radius 1 is 0.968 bits per heavy atom. The van der Waals surface area contributed by atoms with Gasteiger partial charge in [-0.15, -0.1) is 0 Å². The summed E-state index contributed by atoms with van der Waals surface area (Å²) >= 11 is 5.99. The number of fused-ring (bicyclic) bond motifs is 1. The molecule has 0 spiro atoms. The van der Waals surface area contributed by atoms with E-state index in [1.807, 2.05) is 24.3 Å². The van der Waals surface area contributed by atoms with Crippen LogP contribution in [-0.4, -0.2) is 44.5 Å². The number of nitrogens with zero attached hydrogens (tertiary/aromatic N) is 5. The molecule has 10 heteroatoms. The number of hydrogen-bond donors (Lipinski definition) is 3. The highest BCUT2D eigenvalue weighted by Gasteiger charge is 2.10. The van der Waals surface area contributed by atoms with E-state index in [1.165, 1.54) is 12.7 Å². The summed E-state index contributed by atoms with van der Waals surface area (Å²) in [5, 5.41) is 17.0. The van der Waals surface area contributed by atoms with E-state index < -0.39 is 0 Å². The molecule has 4 aromatic rings. The molecule has 0 aliphatic heterocycles. The quantitative estimate of drug-likeness (QED) is 0.283. The van der Waals surface area contributed by atoms with E-state index in [2.05, 4.69) is 35.8 Å². The molecule has 9 nitrogen and oxygen atoms in total. The van der Waals surface area contributed by atoms with Crippen LogP contribution in [0.1, 0.15) is 5.56 Å². The molecule has 4 rings (SSSR count). The number of anilines is 3. The number of ether oxygens (including phenoxy) is 1. The predicted octanol–water partition coefficient (Wildman–Crippen LogP) is 3.63. The molecule has 0 aliphatic rings. The second-order valence-corrected chi connectivity index (χ2v) is 6.73. The van der Waals surface area contributed by atoms with Crippen LogP contribution in [0.15, 0.2) is 66.3 Å². The molecule has 0 saturated heterocycles. The van der Waals surface area contributed by atoms with E-state index >= 15 is 0 Å². The van der Waals surface area contributed by atoms with E-state index in [0.717, 1.165) is 11.3 Å². The highest BCUT2D eigenvalue weighted by atomic mass is 35.5. The lowest BCUT2D eigenvalue weighted by atomic mass is 10.2. The lowest BCUT2D eigenvalue weighted by molar-refractivity contribution is 0.201. The summed E-state index contributed by atoms with van der Waals surface area (Å²) in [4.78, 5) is 17.1. The zero-order chi connectivity index (χ0) is 21.5. The fourth-order valence-corrected chi connectivity index (χ4v) is 2.97. The van der Waals surface area contributed by atoms with E-state index in [9.17, 15) is 0 Å². The Morgan fingerprint density at radius 2 is 1.74 bits per heavy atom. The summed E-state index contributed by atoms with van der Waals surface area (Å²) in [5.74, 6) is 1.58. The van der Waals surface area contributed by atoms with Crippen molar-refractivity contribution in [1.82, 2.24) is 19.9 Å². The molecule has 0 saturated carbocycles. The van der Waals surface area contributed by atoms with Gasteiger partial charge in [-0.05, 0) is 29.8 Å². The molecule has 31 heavy (non-hydrogen) atoms. The van der Waals surface area contributed by atoms with E-state index in [1.54, 1.807) is 30.5 Å². The second kappa shape index (κ2) is 9.79. The molecule has 0 amide bonds. The minimum Gasteiger partial charge on any atom is -0.491 e. The first kappa shape index (κ1) is 20.5. The molecule has 156 valence electrons. The van der Waals surface area contributed by atoms with Crippen molar-refractivity contribution in [3.8, 4) is 5.75 Å². The topological polar surface area (TPSA) is 117 Å². The summed E-state index contributed by atoms with van der Waals surface area (Å²) in [6, 6.07) is 14.6. The van der Waals surface area contributed by atoms with Gasteiger partial charge >= 0.3 is 0 Å². The molecule has 2 heterocycles. The smallest absolute Gasteiger partial charge is 0.176 e. The monoisotopic (exact) mass is 435 g/mol. The Bertz CT molecular complexity index is 1220. The SMILES string of the molecule is OCCOc1cccc(Nc2ncnc3c(NN=Cc4cccc(Cl)c4)ncnc23)c1. The molecule has 0 fully saturated rings. The third-order valence-corrected chi connectivity index (χ3v) is 4.34.